The fourth-order valence-corrected chi connectivity index (χ4v) is 2.66. The Morgan fingerprint density at radius 2 is 2.00 bits per heavy atom. The van der Waals surface area contributed by atoms with Gasteiger partial charge in [-0.2, -0.15) is 0 Å². The van der Waals surface area contributed by atoms with Gasteiger partial charge >= 0.3 is 0 Å². The van der Waals surface area contributed by atoms with E-state index in [2.05, 4.69) is 69.6 Å². The fourth-order valence-electron chi connectivity index (χ4n) is 2.28. The van der Waals surface area contributed by atoms with E-state index in [0.29, 0.717) is 6.04 Å². The van der Waals surface area contributed by atoms with E-state index in [1.54, 1.807) is 0 Å². The Bertz CT molecular complexity index is 513. The average molecular weight is 333 g/mol. The highest BCUT2D eigenvalue weighted by molar-refractivity contribution is 9.10. The normalized spacial score (nSPS) is 12.3. The maximum atomic E-state index is 4.28. The van der Waals surface area contributed by atoms with Gasteiger partial charge in [0.05, 0.1) is 0 Å². The van der Waals surface area contributed by atoms with E-state index in [-0.39, 0.29) is 0 Å². The van der Waals surface area contributed by atoms with Crippen molar-refractivity contribution in [2.75, 3.05) is 6.54 Å². The molecule has 1 unspecified atom stereocenters. The number of hydrogen-bond donors (Lipinski definition) is 1. The summed E-state index contributed by atoms with van der Waals surface area (Å²) in [7, 11) is 0. The number of aryl methyl sites for hydroxylation is 1. The molecule has 2 nitrogen and oxygen atoms in total. The van der Waals surface area contributed by atoms with Gasteiger partial charge in [0, 0.05) is 22.9 Å². The lowest BCUT2D eigenvalue weighted by molar-refractivity contribution is 0.498. The molecule has 1 aromatic heterocycles. The van der Waals surface area contributed by atoms with Crippen LogP contribution in [0.1, 0.15) is 36.9 Å². The minimum atomic E-state index is 0.361. The largest absolute Gasteiger partial charge is 0.310 e. The molecule has 0 aliphatic carbocycles. The van der Waals surface area contributed by atoms with Gasteiger partial charge in [0.15, 0.2) is 0 Å². The molecule has 0 amide bonds. The molecule has 0 aliphatic heterocycles. The van der Waals surface area contributed by atoms with Crippen LogP contribution in [0.4, 0.5) is 0 Å². The van der Waals surface area contributed by atoms with Crippen molar-refractivity contribution in [3.05, 3.63) is 64.4 Å². The third-order valence-electron chi connectivity index (χ3n) is 3.33. The molecule has 1 atom stereocenters. The number of pyridine rings is 1. The van der Waals surface area contributed by atoms with Crippen LogP contribution in [-0.2, 0) is 6.42 Å². The molecule has 0 saturated carbocycles. The van der Waals surface area contributed by atoms with Gasteiger partial charge in [0.2, 0.25) is 0 Å². The second-order valence-electron chi connectivity index (χ2n) is 4.97. The summed E-state index contributed by atoms with van der Waals surface area (Å²) < 4.78 is 1.04. The molecule has 2 rings (SSSR count). The summed E-state index contributed by atoms with van der Waals surface area (Å²) in [5, 5.41) is 3.62. The monoisotopic (exact) mass is 332 g/mol. The molecule has 0 spiro atoms. The summed E-state index contributed by atoms with van der Waals surface area (Å²) in [5.41, 5.74) is 2.64. The molecule has 0 bridgehead atoms. The number of hydrogen-bond acceptors (Lipinski definition) is 2. The lowest BCUT2D eigenvalue weighted by Gasteiger charge is -2.19. The van der Waals surface area contributed by atoms with Crippen molar-refractivity contribution in [2.45, 2.75) is 32.2 Å². The summed E-state index contributed by atoms with van der Waals surface area (Å²) in [6, 6.07) is 13.2. The van der Waals surface area contributed by atoms with Crippen LogP contribution in [0.5, 0.6) is 0 Å². The smallest absolute Gasteiger partial charge is 0.0410 e. The van der Waals surface area contributed by atoms with E-state index < -0.39 is 0 Å². The zero-order valence-corrected chi connectivity index (χ0v) is 13.4. The highest BCUT2D eigenvalue weighted by Crippen LogP contribution is 2.21. The Kier molecular flexibility index (Phi) is 6.22. The summed E-state index contributed by atoms with van der Waals surface area (Å²) in [5.74, 6) is 0. The average Bonchev–Trinajstić information content (AvgIpc) is 2.48. The van der Waals surface area contributed by atoms with Crippen LogP contribution in [0.2, 0.25) is 0 Å². The molecule has 1 aromatic carbocycles. The molecule has 0 fully saturated rings. The maximum absolute atomic E-state index is 4.28. The fraction of sp³-hybridized carbons (Fsp3) is 0.353. The zero-order chi connectivity index (χ0) is 14.2. The van der Waals surface area contributed by atoms with Crippen molar-refractivity contribution < 1.29 is 0 Å². The third-order valence-corrected chi connectivity index (χ3v) is 3.77. The SMILES string of the molecule is CCCNC(CCc1ccccc1)c1cncc(Br)c1. The lowest BCUT2D eigenvalue weighted by Crippen LogP contribution is -2.23. The Balaban J connectivity index is 2.03. The van der Waals surface area contributed by atoms with Crippen LogP contribution in [0.15, 0.2) is 53.3 Å². The summed E-state index contributed by atoms with van der Waals surface area (Å²) in [6.45, 7) is 3.23. The van der Waals surface area contributed by atoms with Crippen LogP contribution in [-0.4, -0.2) is 11.5 Å². The second kappa shape index (κ2) is 8.18. The molecule has 3 heteroatoms. The molecular weight excluding hydrogens is 312 g/mol. The van der Waals surface area contributed by atoms with Gasteiger partial charge < -0.3 is 5.32 Å². The van der Waals surface area contributed by atoms with E-state index in [1.807, 2.05) is 12.4 Å². The van der Waals surface area contributed by atoms with E-state index in [0.717, 1.165) is 30.3 Å². The van der Waals surface area contributed by atoms with Crippen LogP contribution in [0.25, 0.3) is 0 Å². The van der Waals surface area contributed by atoms with E-state index >= 15 is 0 Å². The molecule has 1 heterocycles. The minimum Gasteiger partial charge on any atom is -0.310 e. The lowest BCUT2D eigenvalue weighted by atomic mass is 10.00. The van der Waals surface area contributed by atoms with E-state index in [9.17, 15) is 0 Å². The first kappa shape index (κ1) is 15.2. The number of nitrogens with zero attached hydrogens (tertiary/aromatic N) is 1. The number of nitrogens with one attached hydrogen (secondary N) is 1. The number of rotatable bonds is 7. The van der Waals surface area contributed by atoms with E-state index in [1.165, 1.54) is 11.1 Å². The van der Waals surface area contributed by atoms with Crippen LogP contribution < -0.4 is 5.32 Å². The van der Waals surface area contributed by atoms with Gasteiger partial charge in [-0.15, -0.1) is 0 Å². The van der Waals surface area contributed by atoms with E-state index in [4.69, 9.17) is 0 Å². The van der Waals surface area contributed by atoms with Crippen molar-refractivity contribution in [3.8, 4) is 0 Å². The van der Waals surface area contributed by atoms with Crippen LogP contribution >= 0.6 is 15.9 Å². The number of halogens is 1. The summed E-state index contributed by atoms with van der Waals surface area (Å²) in [6.07, 6.45) is 7.10. The first-order chi connectivity index (χ1) is 9.79. The van der Waals surface area contributed by atoms with Crippen LogP contribution in [0.3, 0.4) is 0 Å². The standard InChI is InChI=1S/C17H21BrN2/c1-2-10-20-17(15-11-16(18)13-19-12-15)9-8-14-6-4-3-5-7-14/h3-7,11-13,17,20H,2,8-10H2,1H3. The van der Waals surface area contributed by atoms with Gasteiger partial charge in [0.25, 0.3) is 0 Å². The van der Waals surface area contributed by atoms with Crippen molar-refractivity contribution in [3.63, 3.8) is 0 Å². The molecule has 1 N–H and O–H groups in total. The van der Waals surface area contributed by atoms with Gasteiger partial charge in [-0.05, 0) is 58.9 Å². The first-order valence-electron chi connectivity index (χ1n) is 7.17. The van der Waals surface area contributed by atoms with Crippen molar-refractivity contribution >= 4 is 15.9 Å². The van der Waals surface area contributed by atoms with Gasteiger partial charge in [-0.1, -0.05) is 37.3 Å². The second-order valence-corrected chi connectivity index (χ2v) is 5.88. The van der Waals surface area contributed by atoms with Crippen molar-refractivity contribution in [2.24, 2.45) is 0 Å². The summed E-state index contributed by atoms with van der Waals surface area (Å²) >= 11 is 3.50. The van der Waals surface area contributed by atoms with Gasteiger partial charge in [0.1, 0.15) is 0 Å². The van der Waals surface area contributed by atoms with Gasteiger partial charge in [-0.25, -0.2) is 0 Å². The molecule has 2 aromatic rings. The Morgan fingerprint density at radius 3 is 2.70 bits per heavy atom. The molecule has 0 saturated heterocycles. The van der Waals surface area contributed by atoms with Gasteiger partial charge in [-0.3, -0.25) is 4.98 Å². The topological polar surface area (TPSA) is 24.9 Å². The highest BCUT2D eigenvalue weighted by Gasteiger charge is 2.11. The highest BCUT2D eigenvalue weighted by atomic mass is 79.9. The molecule has 0 aliphatic rings. The van der Waals surface area contributed by atoms with Crippen LogP contribution in [0, 0.1) is 0 Å². The molecule has 106 valence electrons. The Morgan fingerprint density at radius 1 is 1.20 bits per heavy atom. The number of aromatic nitrogens is 1. The number of benzene rings is 1. The summed E-state index contributed by atoms with van der Waals surface area (Å²) in [4.78, 5) is 4.28. The van der Waals surface area contributed by atoms with Crippen molar-refractivity contribution in [1.82, 2.24) is 10.3 Å². The minimum absolute atomic E-state index is 0.361. The zero-order valence-electron chi connectivity index (χ0n) is 11.8. The Hall–Kier alpha value is -1.19. The third kappa shape index (κ3) is 4.73. The molecule has 20 heavy (non-hydrogen) atoms. The predicted octanol–water partition coefficient (Wildman–Crippen LogP) is 4.52. The molecule has 0 radical (unpaired) electrons. The van der Waals surface area contributed by atoms with Crippen molar-refractivity contribution in [1.29, 1.82) is 0 Å². The molecular formula is C17H21BrN2. The maximum Gasteiger partial charge on any atom is 0.0410 e. The Labute approximate surface area is 129 Å². The first-order valence-corrected chi connectivity index (χ1v) is 7.96. The quantitative estimate of drug-likeness (QED) is 0.806. The predicted molar refractivity (Wildman–Crippen MR) is 87.7 cm³/mol.